The van der Waals surface area contributed by atoms with Crippen molar-refractivity contribution in [2.24, 2.45) is 0 Å². The number of ether oxygens (including phenoxy) is 1. The Morgan fingerprint density at radius 3 is 2.62 bits per heavy atom. The van der Waals surface area contributed by atoms with Crippen LogP contribution in [0, 0.1) is 10.1 Å². The number of carbonyl (C=O) groups excluding carboxylic acids is 1. The van der Waals surface area contributed by atoms with Crippen LogP contribution in [0.15, 0.2) is 71.3 Å². The first kappa shape index (κ1) is 27.1. The molecule has 1 fully saturated rings. The monoisotopic (exact) mass is 562 g/mol. The van der Waals surface area contributed by atoms with E-state index in [2.05, 4.69) is 9.27 Å². The molecule has 11 nitrogen and oxygen atoms in total. The summed E-state index contributed by atoms with van der Waals surface area (Å²) in [6.07, 6.45) is 2.56. The molecule has 0 spiro atoms. The maximum Gasteiger partial charge on any atom is 0.269 e. The number of furan rings is 1. The number of benzene rings is 2. The number of nitro groups is 1. The molecule has 4 aromatic rings. The molecule has 1 amide bonds. The number of rotatable bonds is 11. The molecule has 1 aliphatic heterocycles. The molecule has 0 radical (unpaired) electrons. The molecular formula is C28H30N6O5S. The maximum absolute atomic E-state index is 13.1. The highest BCUT2D eigenvalue weighted by atomic mass is 32.1. The number of amides is 1. The van der Waals surface area contributed by atoms with Crippen LogP contribution in [0.5, 0.6) is 5.75 Å². The molecule has 12 heteroatoms. The number of hydrogen-bond donors (Lipinski definition) is 0. The van der Waals surface area contributed by atoms with E-state index in [-0.39, 0.29) is 11.6 Å². The van der Waals surface area contributed by atoms with Gasteiger partial charge in [-0.05, 0) is 42.0 Å². The molecule has 2 aromatic heterocycles. The molecule has 0 aliphatic carbocycles. The van der Waals surface area contributed by atoms with Gasteiger partial charge in [0.1, 0.15) is 17.3 Å². The zero-order valence-corrected chi connectivity index (χ0v) is 23.0. The highest BCUT2D eigenvalue weighted by Gasteiger charge is 2.23. The van der Waals surface area contributed by atoms with E-state index in [0.29, 0.717) is 57.9 Å². The quantitative estimate of drug-likeness (QED) is 0.194. The van der Waals surface area contributed by atoms with Gasteiger partial charge in [0.05, 0.1) is 24.8 Å². The fourth-order valence-corrected chi connectivity index (χ4v) is 5.34. The first-order valence-electron chi connectivity index (χ1n) is 13.0. The lowest BCUT2D eigenvalue weighted by atomic mass is 10.1. The van der Waals surface area contributed by atoms with E-state index < -0.39 is 4.92 Å². The zero-order valence-electron chi connectivity index (χ0n) is 22.1. The molecule has 3 heterocycles. The zero-order chi connectivity index (χ0) is 27.9. The van der Waals surface area contributed by atoms with Gasteiger partial charge >= 0.3 is 0 Å². The van der Waals surface area contributed by atoms with Gasteiger partial charge in [0.25, 0.3) is 5.69 Å². The maximum atomic E-state index is 13.1. The summed E-state index contributed by atoms with van der Waals surface area (Å²) >= 11 is 1.31. The Balaban J connectivity index is 1.18. The van der Waals surface area contributed by atoms with Crippen LogP contribution in [0.1, 0.15) is 23.6 Å². The highest BCUT2D eigenvalue weighted by Crippen LogP contribution is 2.24. The van der Waals surface area contributed by atoms with E-state index in [0.717, 1.165) is 27.9 Å². The Morgan fingerprint density at radius 2 is 1.93 bits per heavy atom. The summed E-state index contributed by atoms with van der Waals surface area (Å²) < 4.78 is 15.5. The summed E-state index contributed by atoms with van der Waals surface area (Å²) in [5.41, 5.74) is 2.05. The van der Waals surface area contributed by atoms with Gasteiger partial charge in [-0.25, -0.2) is 4.98 Å². The van der Waals surface area contributed by atoms with Gasteiger partial charge < -0.3 is 23.9 Å². The van der Waals surface area contributed by atoms with Crippen LogP contribution in [0.25, 0.3) is 0 Å². The van der Waals surface area contributed by atoms with Crippen molar-refractivity contribution in [2.75, 3.05) is 49.6 Å². The third-order valence-corrected chi connectivity index (χ3v) is 7.62. The largest absolute Gasteiger partial charge is 0.497 e. The Hall–Kier alpha value is -4.45. The minimum Gasteiger partial charge on any atom is -0.497 e. The summed E-state index contributed by atoms with van der Waals surface area (Å²) in [5.74, 6) is 2.37. The molecule has 0 bridgehead atoms. The number of nitro benzene ring substituents is 1. The van der Waals surface area contributed by atoms with E-state index in [4.69, 9.17) is 14.1 Å². The third kappa shape index (κ3) is 6.75. The summed E-state index contributed by atoms with van der Waals surface area (Å²) in [7, 11) is 1.64. The van der Waals surface area contributed by atoms with Crippen LogP contribution in [-0.4, -0.2) is 64.9 Å². The Morgan fingerprint density at radius 1 is 1.12 bits per heavy atom. The van der Waals surface area contributed by atoms with Crippen molar-refractivity contribution in [2.45, 2.75) is 19.4 Å². The number of piperazine rings is 1. The number of nitrogens with zero attached hydrogens (tertiary/aromatic N) is 6. The molecule has 2 aromatic carbocycles. The first-order valence-corrected chi connectivity index (χ1v) is 13.8. The number of anilines is 2. The van der Waals surface area contributed by atoms with Gasteiger partial charge in [-0.3, -0.25) is 14.9 Å². The van der Waals surface area contributed by atoms with Crippen molar-refractivity contribution < 1.29 is 18.9 Å². The first-order chi connectivity index (χ1) is 19.5. The van der Waals surface area contributed by atoms with Gasteiger partial charge in [0.2, 0.25) is 11.0 Å². The standard InChI is InChI=1S/C28H30N6O5S/c1-38-24-5-2-4-21(18-24)19-26-29-28(40-30-26)33(20-25-6-3-17-39-25)12-11-27(35)32-15-13-31(14-16-32)22-7-9-23(10-8-22)34(36)37/h2-10,17-18H,11-16,19-20H2,1H3. The summed E-state index contributed by atoms with van der Waals surface area (Å²) in [4.78, 5) is 34.5. The Kier molecular flexibility index (Phi) is 8.55. The summed E-state index contributed by atoms with van der Waals surface area (Å²) in [6.45, 7) is 3.50. The fourth-order valence-electron chi connectivity index (χ4n) is 4.63. The molecule has 0 atom stereocenters. The van der Waals surface area contributed by atoms with Crippen molar-refractivity contribution >= 4 is 33.9 Å². The number of non-ortho nitro benzene ring substituents is 1. The molecule has 1 saturated heterocycles. The number of hydrogen-bond acceptors (Lipinski definition) is 10. The van der Waals surface area contributed by atoms with E-state index in [1.165, 1.54) is 23.7 Å². The number of carbonyl (C=O) groups is 1. The van der Waals surface area contributed by atoms with Crippen molar-refractivity contribution in [1.29, 1.82) is 0 Å². The molecule has 0 unspecified atom stereocenters. The predicted molar refractivity (Wildman–Crippen MR) is 152 cm³/mol. The second-order valence-corrected chi connectivity index (χ2v) is 10.1. The van der Waals surface area contributed by atoms with E-state index in [1.54, 1.807) is 25.5 Å². The fraction of sp³-hybridized carbons (Fsp3) is 0.321. The SMILES string of the molecule is COc1cccc(Cc2nsc(N(CCC(=O)N3CCN(c4ccc([N+](=O)[O-])cc4)CC3)Cc3ccco3)n2)c1. The third-order valence-electron chi connectivity index (χ3n) is 6.80. The summed E-state index contributed by atoms with van der Waals surface area (Å²) in [5, 5.41) is 11.7. The normalized spacial score (nSPS) is 13.3. The lowest BCUT2D eigenvalue weighted by Gasteiger charge is -2.36. The van der Waals surface area contributed by atoms with Gasteiger partial charge in [0, 0.05) is 74.9 Å². The van der Waals surface area contributed by atoms with Crippen molar-refractivity contribution in [3.8, 4) is 5.75 Å². The lowest BCUT2D eigenvalue weighted by Crippen LogP contribution is -2.49. The Labute approximate surface area is 235 Å². The lowest BCUT2D eigenvalue weighted by molar-refractivity contribution is -0.384. The Bertz CT molecular complexity index is 1420. The highest BCUT2D eigenvalue weighted by molar-refractivity contribution is 7.09. The topological polar surface area (TPSA) is 118 Å². The van der Waals surface area contributed by atoms with Crippen LogP contribution in [0.4, 0.5) is 16.5 Å². The van der Waals surface area contributed by atoms with E-state index in [1.807, 2.05) is 46.2 Å². The van der Waals surface area contributed by atoms with Crippen LogP contribution < -0.4 is 14.5 Å². The van der Waals surface area contributed by atoms with Crippen molar-refractivity contribution in [3.05, 3.63) is 94.2 Å². The molecule has 0 saturated carbocycles. The molecule has 0 N–H and O–H groups in total. The molecule has 40 heavy (non-hydrogen) atoms. The van der Waals surface area contributed by atoms with Gasteiger partial charge in [0.15, 0.2) is 0 Å². The minimum atomic E-state index is -0.404. The van der Waals surface area contributed by atoms with Crippen LogP contribution in [-0.2, 0) is 17.8 Å². The second-order valence-electron chi connectivity index (χ2n) is 9.41. The molecule has 1 aliphatic rings. The molecular weight excluding hydrogens is 532 g/mol. The van der Waals surface area contributed by atoms with E-state index in [9.17, 15) is 14.9 Å². The molecule has 208 valence electrons. The van der Waals surface area contributed by atoms with Crippen LogP contribution >= 0.6 is 11.5 Å². The van der Waals surface area contributed by atoms with E-state index >= 15 is 0 Å². The smallest absolute Gasteiger partial charge is 0.269 e. The van der Waals surface area contributed by atoms with Crippen LogP contribution in [0.3, 0.4) is 0 Å². The number of aromatic nitrogens is 2. The van der Waals surface area contributed by atoms with Crippen LogP contribution in [0.2, 0.25) is 0 Å². The van der Waals surface area contributed by atoms with Gasteiger partial charge in [-0.15, -0.1) is 0 Å². The predicted octanol–water partition coefficient (Wildman–Crippen LogP) is 4.38. The van der Waals surface area contributed by atoms with Gasteiger partial charge in [-0.1, -0.05) is 12.1 Å². The summed E-state index contributed by atoms with van der Waals surface area (Å²) in [6, 6.07) is 18.1. The number of methoxy groups -OCH3 is 1. The molecule has 5 rings (SSSR count). The average Bonchev–Trinajstić information content (AvgIpc) is 3.68. The average molecular weight is 563 g/mol. The van der Waals surface area contributed by atoms with Crippen molar-refractivity contribution in [1.82, 2.24) is 14.3 Å². The second kappa shape index (κ2) is 12.6. The minimum absolute atomic E-state index is 0.0690. The van der Waals surface area contributed by atoms with Crippen molar-refractivity contribution in [3.63, 3.8) is 0 Å². The van der Waals surface area contributed by atoms with Gasteiger partial charge in [-0.2, -0.15) is 4.37 Å².